The maximum Gasteiger partial charge on any atom is 0.265 e. The predicted octanol–water partition coefficient (Wildman–Crippen LogP) is 3.59. The number of carbonyl (C=O) groups is 1. The van der Waals surface area contributed by atoms with Gasteiger partial charge in [-0.15, -0.1) is 0 Å². The molecular formula is C25H20N6O2. The Kier molecular flexibility index (Phi) is 5.24. The van der Waals surface area contributed by atoms with Gasteiger partial charge in [-0.2, -0.15) is 5.10 Å². The lowest BCUT2D eigenvalue weighted by Gasteiger charge is -2.11. The van der Waals surface area contributed by atoms with Crippen LogP contribution in [-0.4, -0.2) is 30.2 Å². The molecule has 3 aromatic heterocycles. The maximum absolute atomic E-state index is 13.0. The molecule has 2 aromatic carbocycles. The van der Waals surface area contributed by atoms with E-state index in [0.717, 1.165) is 5.56 Å². The monoisotopic (exact) mass is 436 g/mol. The molecule has 1 amide bonds. The molecule has 0 saturated carbocycles. The summed E-state index contributed by atoms with van der Waals surface area (Å²) in [7, 11) is 0. The number of amides is 1. The molecular weight excluding hydrogens is 416 g/mol. The van der Waals surface area contributed by atoms with Crippen molar-refractivity contribution >= 4 is 22.6 Å². The molecule has 1 N–H and O–H groups in total. The second kappa shape index (κ2) is 8.51. The number of fused-ring (bicyclic) bond motifs is 1. The smallest absolute Gasteiger partial charge is 0.265 e. The quantitative estimate of drug-likeness (QED) is 0.454. The summed E-state index contributed by atoms with van der Waals surface area (Å²) in [6, 6.07) is 19.7. The molecule has 0 aliphatic carbocycles. The first kappa shape index (κ1) is 20.3. The van der Waals surface area contributed by atoms with Crippen LogP contribution in [0.5, 0.6) is 0 Å². The third-order valence-corrected chi connectivity index (χ3v) is 5.28. The van der Waals surface area contributed by atoms with E-state index in [4.69, 9.17) is 0 Å². The highest BCUT2D eigenvalue weighted by atomic mass is 16.1. The lowest BCUT2D eigenvalue weighted by Crippen LogP contribution is -2.22. The van der Waals surface area contributed by atoms with Crippen LogP contribution in [-0.2, 0) is 6.54 Å². The van der Waals surface area contributed by atoms with Crippen LogP contribution in [0.3, 0.4) is 0 Å². The Hall–Kier alpha value is -4.59. The van der Waals surface area contributed by atoms with Crippen molar-refractivity contribution in [3.63, 3.8) is 0 Å². The predicted molar refractivity (Wildman–Crippen MR) is 126 cm³/mol. The Bertz CT molecular complexity index is 1500. The third-order valence-electron chi connectivity index (χ3n) is 5.28. The van der Waals surface area contributed by atoms with Crippen molar-refractivity contribution in [3.05, 3.63) is 113 Å². The van der Waals surface area contributed by atoms with Crippen LogP contribution in [0.4, 0.5) is 5.82 Å². The lowest BCUT2D eigenvalue weighted by molar-refractivity contribution is 0.102. The molecule has 0 radical (unpaired) electrons. The summed E-state index contributed by atoms with van der Waals surface area (Å²) in [5, 5.41) is 7.74. The Morgan fingerprint density at radius 1 is 1.00 bits per heavy atom. The van der Waals surface area contributed by atoms with Gasteiger partial charge in [0.15, 0.2) is 5.82 Å². The number of hydrogen-bond acceptors (Lipinski definition) is 5. The molecule has 0 atom stereocenters. The minimum Gasteiger partial charge on any atom is -0.305 e. The number of hydrogen-bond donors (Lipinski definition) is 1. The van der Waals surface area contributed by atoms with Crippen molar-refractivity contribution in [2.24, 2.45) is 0 Å². The number of nitrogens with zero attached hydrogens (tertiary/aromatic N) is 5. The van der Waals surface area contributed by atoms with Crippen molar-refractivity contribution in [2.75, 3.05) is 5.32 Å². The number of para-hydroxylation sites is 1. The Labute approximate surface area is 189 Å². The van der Waals surface area contributed by atoms with Crippen LogP contribution in [0.15, 0.2) is 90.1 Å². The second-order valence-electron chi connectivity index (χ2n) is 7.58. The fraction of sp³-hybridized carbons (Fsp3) is 0.0800. The molecule has 0 saturated heterocycles. The molecule has 0 spiro atoms. The third kappa shape index (κ3) is 4.14. The van der Waals surface area contributed by atoms with Gasteiger partial charge in [-0.05, 0) is 55.0 Å². The number of nitrogens with one attached hydrogen (secondary N) is 1. The number of rotatable bonds is 5. The molecule has 0 aliphatic heterocycles. The zero-order valence-electron chi connectivity index (χ0n) is 17.8. The average molecular weight is 436 g/mol. The summed E-state index contributed by atoms with van der Waals surface area (Å²) >= 11 is 0. The summed E-state index contributed by atoms with van der Waals surface area (Å²) in [4.78, 5) is 34.3. The van der Waals surface area contributed by atoms with E-state index in [2.05, 4.69) is 20.4 Å². The standard InChI is InChI=1S/C25H20N6O2/c1-17-27-22-7-3-2-6-21(22)25(33)31(17)20-10-8-19(9-11-20)24(32)28-23-12-14-30(29-23)16-18-5-4-13-26-15-18/h2-15H,16H2,1H3,(H,28,29,32). The van der Waals surface area contributed by atoms with Crippen LogP contribution >= 0.6 is 0 Å². The van der Waals surface area contributed by atoms with Gasteiger partial charge in [-0.3, -0.25) is 23.8 Å². The van der Waals surface area contributed by atoms with Gasteiger partial charge in [-0.1, -0.05) is 18.2 Å². The fourth-order valence-corrected chi connectivity index (χ4v) is 3.69. The van der Waals surface area contributed by atoms with E-state index in [1.165, 1.54) is 0 Å². The Morgan fingerprint density at radius 3 is 2.61 bits per heavy atom. The normalized spacial score (nSPS) is 10.9. The molecule has 162 valence electrons. The maximum atomic E-state index is 13.0. The van der Waals surface area contributed by atoms with E-state index in [-0.39, 0.29) is 11.5 Å². The number of carbonyl (C=O) groups excluding carboxylic acids is 1. The number of anilines is 1. The Morgan fingerprint density at radius 2 is 1.82 bits per heavy atom. The molecule has 5 aromatic rings. The van der Waals surface area contributed by atoms with E-state index >= 15 is 0 Å². The van der Waals surface area contributed by atoms with Crippen LogP contribution in [0.25, 0.3) is 16.6 Å². The summed E-state index contributed by atoms with van der Waals surface area (Å²) in [5.74, 6) is 0.753. The van der Waals surface area contributed by atoms with Crippen molar-refractivity contribution in [3.8, 4) is 5.69 Å². The fourth-order valence-electron chi connectivity index (χ4n) is 3.69. The van der Waals surface area contributed by atoms with Gasteiger partial charge in [0.1, 0.15) is 5.82 Å². The second-order valence-corrected chi connectivity index (χ2v) is 7.58. The molecule has 0 bridgehead atoms. The van der Waals surface area contributed by atoms with Gasteiger partial charge >= 0.3 is 0 Å². The van der Waals surface area contributed by atoms with E-state index in [1.807, 2.05) is 30.3 Å². The molecule has 0 fully saturated rings. The number of aryl methyl sites for hydroxylation is 1. The first-order valence-electron chi connectivity index (χ1n) is 10.4. The van der Waals surface area contributed by atoms with E-state index in [0.29, 0.717) is 40.3 Å². The highest BCUT2D eigenvalue weighted by molar-refractivity contribution is 6.03. The van der Waals surface area contributed by atoms with Gasteiger partial charge < -0.3 is 5.32 Å². The van der Waals surface area contributed by atoms with Crippen LogP contribution in [0, 0.1) is 6.92 Å². The highest BCUT2D eigenvalue weighted by Gasteiger charge is 2.12. The summed E-state index contributed by atoms with van der Waals surface area (Å²) in [6.07, 6.45) is 5.30. The van der Waals surface area contributed by atoms with Crippen molar-refractivity contribution in [1.29, 1.82) is 0 Å². The van der Waals surface area contributed by atoms with Crippen LogP contribution in [0.1, 0.15) is 21.7 Å². The minimum absolute atomic E-state index is 0.144. The topological polar surface area (TPSA) is 94.7 Å². The first-order valence-corrected chi connectivity index (χ1v) is 10.4. The highest BCUT2D eigenvalue weighted by Crippen LogP contribution is 2.15. The van der Waals surface area contributed by atoms with Crippen LogP contribution < -0.4 is 10.9 Å². The molecule has 0 aliphatic rings. The first-order chi connectivity index (χ1) is 16.1. The average Bonchev–Trinajstić information content (AvgIpc) is 3.26. The van der Waals surface area contributed by atoms with Crippen molar-refractivity contribution in [1.82, 2.24) is 24.3 Å². The molecule has 8 nitrogen and oxygen atoms in total. The van der Waals surface area contributed by atoms with Gasteiger partial charge in [-0.25, -0.2) is 4.98 Å². The van der Waals surface area contributed by atoms with Gasteiger partial charge in [0.25, 0.3) is 11.5 Å². The van der Waals surface area contributed by atoms with Gasteiger partial charge in [0, 0.05) is 30.2 Å². The zero-order chi connectivity index (χ0) is 22.8. The Balaban J connectivity index is 1.34. The van der Waals surface area contributed by atoms with Gasteiger partial charge in [0.05, 0.1) is 23.1 Å². The lowest BCUT2D eigenvalue weighted by atomic mass is 10.2. The summed E-state index contributed by atoms with van der Waals surface area (Å²) in [6.45, 7) is 2.35. The van der Waals surface area contributed by atoms with E-state index < -0.39 is 0 Å². The van der Waals surface area contributed by atoms with E-state index in [9.17, 15) is 9.59 Å². The van der Waals surface area contributed by atoms with Crippen molar-refractivity contribution < 1.29 is 4.79 Å². The van der Waals surface area contributed by atoms with E-state index in [1.54, 1.807) is 71.2 Å². The number of aromatic nitrogens is 5. The molecule has 33 heavy (non-hydrogen) atoms. The molecule has 0 unspecified atom stereocenters. The molecule has 5 rings (SSSR count). The summed E-state index contributed by atoms with van der Waals surface area (Å²) < 4.78 is 3.28. The molecule has 8 heteroatoms. The van der Waals surface area contributed by atoms with Gasteiger partial charge in [0.2, 0.25) is 0 Å². The largest absolute Gasteiger partial charge is 0.305 e. The van der Waals surface area contributed by atoms with Crippen molar-refractivity contribution in [2.45, 2.75) is 13.5 Å². The number of benzene rings is 2. The zero-order valence-corrected chi connectivity index (χ0v) is 17.8. The molecule has 3 heterocycles. The number of pyridine rings is 1. The summed E-state index contributed by atoms with van der Waals surface area (Å²) in [5.41, 5.74) is 2.64. The SMILES string of the molecule is Cc1nc2ccccc2c(=O)n1-c1ccc(C(=O)Nc2ccn(Cc3cccnc3)n2)cc1. The minimum atomic E-state index is -0.283. The van der Waals surface area contributed by atoms with Crippen LogP contribution in [0.2, 0.25) is 0 Å².